The molecule has 1 amide bonds. The fourth-order valence-corrected chi connectivity index (χ4v) is 2.16. The van der Waals surface area contributed by atoms with Crippen LogP contribution < -0.4 is 14.8 Å². The zero-order valence-electron chi connectivity index (χ0n) is 12.4. The van der Waals surface area contributed by atoms with Crippen LogP contribution in [0.2, 0.25) is 0 Å². The van der Waals surface area contributed by atoms with Gasteiger partial charge in [-0.1, -0.05) is 15.9 Å². The molecule has 9 heteroatoms. The summed E-state index contributed by atoms with van der Waals surface area (Å²) in [4.78, 5) is 22.1. The number of non-ortho nitro benzene ring substituents is 1. The van der Waals surface area contributed by atoms with E-state index in [2.05, 4.69) is 21.2 Å². The number of methoxy groups -OCH3 is 1. The first-order valence-corrected chi connectivity index (χ1v) is 7.40. The summed E-state index contributed by atoms with van der Waals surface area (Å²) in [5.74, 6) is -1.07. The lowest BCUT2D eigenvalue weighted by molar-refractivity contribution is -0.384. The number of ether oxygens (including phenoxy) is 2. The first-order chi connectivity index (χ1) is 11.4. The SMILES string of the molecule is COc1ccc([N+](=O)[O-])cc1NC(=O)COc1ccc(Br)cc1F. The molecule has 2 rings (SSSR count). The van der Waals surface area contributed by atoms with Gasteiger partial charge in [0, 0.05) is 16.6 Å². The molecule has 0 aromatic heterocycles. The van der Waals surface area contributed by atoms with Gasteiger partial charge in [0.25, 0.3) is 11.6 Å². The van der Waals surface area contributed by atoms with Crippen molar-refractivity contribution < 1.29 is 23.6 Å². The molecular weight excluding hydrogens is 387 g/mol. The Bertz CT molecular complexity index is 784. The van der Waals surface area contributed by atoms with Crippen molar-refractivity contribution in [2.75, 3.05) is 19.0 Å². The molecule has 0 aliphatic rings. The highest BCUT2D eigenvalue weighted by molar-refractivity contribution is 9.10. The highest BCUT2D eigenvalue weighted by Gasteiger charge is 2.14. The lowest BCUT2D eigenvalue weighted by Crippen LogP contribution is -2.21. The molecule has 1 N–H and O–H groups in total. The standard InChI is InChI=1S/C15H12BrFN2O5/c1-23-14-5-3-10(19(21)22)7-12(14)18-15(20)8-24-13-4-2-9(16)6-11(13)17/h2-7H,8H2,1H3,(H,18,20). The Kier molecular flexibility index (Phi) is 5.69. The van der Waals surface area contributed by atoms with E-state index in [4.69, 9.17) is 9.47 Å². The van der Waals surface area contributed by atoms with Crippen molar-refractivity contribution in [3.63, 3.8) is 0 Å². The van der Waals surface area contributed by atoms with Gasteiger partial charge < -0.3 is 14.8 Å². The Hall–Kier alpha value is -2.68. The van der Waals surface area contributed by atoms with Gasteiger partial charge in [0.2, 0.25) is 0 Å². The first kappa shape index (κ1) is 17.7. The smallest absolute Gasteiger partial charge is 0.271 e. The third-order valence-electron chi connectivity index (χ3n) is 2.92. The minimum absolute atomic E-state index is 0.0839. The third kappa shape index (κ3) is 4.42. The second kappa shape index (κ2) is 7.73. The van der Waals surface area contributed by atoms with Crippen LogP contribution in [0.25, 0.3) is 0 Å². The average Bonchev–Trinajstić information content (AvgIpc) is 2.53. The van der Waals surface area contributed by atoms with E-state index < -0.39 is 23.3 Å². The lowest BCUT2D eigenvalue weighted by Gasteiger charge is -2.11. The molecule has 126 valence electrons. The number of nitro benzene ring substituents is 1. The zero-order valence-corrected chi connectivity index (χ0v) is 14.0. The van der Waals surface area contributed by atoms with Gasteiger partial charge >= 0.3 is 0 Å². The fraction of sp³-hybridized carbons (Fsp3) is 0.133. The van der Waals surface area contributed by atoms with Crippen molar-refractivity contribution in [2.24, 2.45) is 0 Å². The molecule has 7 nitrogen and oxygen atoms in total. The summed E-state index contributed by atoms with van der Waals surface area (Å²) >= 11 is 3.11. The summed E-state index contributed by atoms with van der Waals surface area (Å²) in [6.45, 7) is -0.468. The largest absolute Gasteiger partial charge is 0.495 e. The molecule has 0 spiro atoms. The molecule has 0 atom stereocenters. The molecule has 0 unspecified atom stereocenters. The summed E-state index contributed by atoms with van der Waals surface area (Å²) in [5.41, 5.74) is -0.0810. The van der Waals surface area contributed by atoms with Crippen molar-refractivity contribution in [2.45, 2.75) is 0 Å². The Labute approximate surface area is 144 Å². The van der Waals surface area contributed by atoms with Crippen molar-refractivity contribution in [3.8, 4) is 11.5 Å². The predicted molar refractivity (Wildman–Crippen MR) is 87.9 cm³/mol. The molecule has 0 fully saturated rings. The van der Waals surface area contributed by atoms with Crippen molar-refractivity contribution in [1.29, 1.82) is 0 Å². The number of anilines is 1. The summed E-state index contributed by atoms with van der Waals surface area (Å²) < 4.78 is 24.3. The van der Waals surface area contributed by atoms with E-state index >= 15 is 0 Å². The minimum atomic E-state index is -0.620. The summed E-state index contributed by atoms with van der Waals surface area (Å²) in [6.07, 6.45) is 0. The molecular formula is C15H12BrFN2O5. The maximum absolute atomic E-state index is 13.6. The highest BCUT2D eigenvalue weighted by Crippen LogP contribution is 2.29. The predicted octanol–water partition coefficient (Wildman–Crippen LogP) is 3.52. The van der Waals surface area contributed by atoms with Crippen LogP contribution in [0.15, 0.2) is 40.9 Å². The normalized spacial score (nSPS) is 10.1. The van der Waals surface area contributed by atoms with Gasteiger partial charge in [-0.25, -0.2) is 4.39 Å². The number of nitrogens with zero attached hydrogens (tertiary/aromatic N) is 1. The number of nitrogens with one attached hydrogen (secondary N) is 1. The lowest BCUT2D eigenvalue weighted by atomic mass is 10.2. The van der Waals surface area contributed by atoms with E-state index in [-0.39, 0.29) is 22.9 Å². The van der Waals surface area contributed by atoms with Crippen LogP contribution in [-0.4, -0.2) is 24.5 Å². The van der Waals surface area contributed by atoms with Crippen molar-refractivity contribution >= 4 is 33.2 Å². The second-order valence-corrected chi connectivity index (χ2v) is 5.47. The molecule has 0 aliphatic carbocycles. The molecule has 2 aromatic carbocycles. The zero-order chi connectivity index (χ0) is 17.7. The number of nitro groups is 1. The minimum Gasteiger partial charge on any atom is -0.495 e. The van der Waals surface area contributed by atoms with Gasteiger partial charge in [0.1, 0.15) is 5.75 Å². The average molecular weight is 399 g/mol. The van der Waals surface area contributed by atoms with Gasteiger partial charge in [-0.05, 0) is 24.3 Å². The Balaban J connectivity index is 2.06. The van der Waals surface area contributed by atoms with Gasteiger partial charge in [0.15, 0.2) is 18.2 Å². The number of hydrogen-bond donors (Lipinski definition) is 1. The third-order valence-corrected chi connectivity index (χ3v) is 3.41. The van der Waals surface area contributed by atoms with Crippen LogP contribution in [-0.2, 0) is 4.79 Å². The molecule has 0 saturated heterocycles. The van der Waals surface area contributed by atoms with Gasteiger partial charge in [0.05, 0.1) is 17.7 Å². The number of benzene rings is 2. The quantitative estimate of drug-likeness (QED) is 0.593. The van der Waals surface area contributed by atoms with Gasteiger partial charge in [-0.15, -0.1) is 0 Å². The van der Waals surface area contributed by atoms with Gasteiger partial charge in [-0.2, -0.15) is 0 Å². The fourth-order valence-electron chi connectivity index (χ4n) is 1.83. The van der Waals surface area contributed by atoms with Crippen LogP contribution in [0.5, 0.6) is 11.5 Å². The Morgan fingerprint density at radius 2 is 2.00 bits per heavy atom. The first-order valence-electron chi connectivity index (χ1n) is 6.61. The number of amides is 1. The second-order valence-electron chi connectivity index (χ2n) is 4.55. The summed E-state index contributed by atoms with van der Waals surface area (Å²) in [6, 6.07) is 7.93. The van der Waals surface area contributed by atoms with Crippen LogP contribution in [0.1, 0.15) is 0 Å². The molecule has 24 heavy (non-hydrogen) atoms. The molecule has 0 radical (unpaired) electrons. The van der Waals surface area contributed by atoms with E-state index in [1.54, 1.807) is 6.07 Å². The molecule has 0 heterocycles. The van der Waals surface area contributed by atoms with E-state index in [1.165, 1.54) is 31.4 Å². The topological polar surface area (TPSA) is 90.7 Å². The van der Waals surface area contributed by atoms with Crippen LogP contribution in [0.3, 0.4) is 0 Å². The van der Waals surface area contributed by atoms with Crippen LogP contribution >= 0.6 is 15.9 Å². The molecule has 0 aliphatic heterocycles. The number of rotatable bonds is 6. The Morgan fingerprint density at radius 1 is 1.29 bits per heavy atom. The van der Waals surface area contributed by atoms with Crippen LogP contribution in [0.4, 0.5) is 15.8 Å². The molecule has 0 bridgehead atoms. The van der Waals surface area contributed by atoms with Gasteiger partial charge in [-0.3, -0.25) is 14.9 Å². The number of hydrogen-bond acceptors (Lipinski definition) is 5. The maximum Gasteiger partial charge on any atom is 0.271 e. The number of carbonyl (C=O) groups is 1. The summed E-state index contributed by atoms with van der Waals surface area (Å²) in [7, 11) is 1.37. The highest BCUT2D eigenvalue weighted by atomic mass is 79.9. The summed E-state index contributed by atoms with van der Waals surface area (Å²) in [5, 5.41) is 13.2. The monoisotopic (exact) mass is 398 g/mol. The number of halogens is 2. The number of carbonyl (C=O) groups excluding carboxylic acids is 1. The van der Waals surface area contributed by atoms with E-state index in [1.807, 2.05) is 0 Å². The van der Waals surface area contributed by atoms with E-state index in [9.17, 15) is 19.3 Å². The maximum atomic E-state index is 13.6. The van der Waals surface area contributed by atoms with Crippen molar-refractivity contribution in [1.82, 2.24) is 0 Å². The molecule has 2 aromatic rings. The molecule has 0 saturated carbocycles. The van der Waals surface area contributed by atoms with E-state index in [0.717, 1.165) is 6.07 Å². The van der Waals surface area contributed by atoms with Crippen molar-refractivity contribution in [3.05, 3.63) is 56.8 Å². The van der Waals surface area contributed by atoms with Crippen LogP contribution in [0, 0.1) is 15.9 Å². The van der Waals surface area contributed by atoms with E-state index in [0.29, 0.717) is 4.47 Å². The Morgan fingerprint density at radius 3 is 2.62 bits per heavy atom.